The van der Waals surface area contributed by atoms with Crippen LogP contribution in [0.1, 0.15) is 13.8 Å². The zero-order chi connectivity index (χ0) is 12.8. The molecule has 0 saturated carbocycles. The highest BCUT2D eigenvalue weighted by Crippen LogP contribution is 2.06. The highest BCUT2D eigenvalue weighted by molar-refractivity contribution is 7.86. The Morgan fingerprint density at radius 2 is 1.81 bits per heavy atom. The van der Waals surface area contributed by atoms with Gasteiger partial charge in [-0.15, -0.1) is 0 Å². The summed E-state index contributed by atoms with van der Waals surface area (Å²) in [7, 11) is -0.552. The van der Waals surface area contributed by atoms with Gasteiger partial charge >= 0.3 is 0 Å². The first kappa shape index (κ1) is 15.8. The van der Waals surface area contributed by atoms with Crippen LogP contribution in [0.15, 0.2) is 0 Å². The second-order valence-corrected chi connectivity index (χ2v) is 5.52. The molecule has 0 aliphatic rings. The lowest BCUT2D eigenvalue weighted by atomic mass is 10.4. The summed E-state index contributed by atoms with van der Waals surface area (Å²) < 4.78 is 31.1. The number of nitrogens with zero attached hydrogens (tertiary/aromatic N) is 2. The van der Waals surface area contributed by atoms with Crippen molar-refractivity contribution in [2.45, 2.75) is 20.0 Å². The van der Waals surface area contributed by atoms with E-state index in [1.165, 1.54) is 18.5 Å². The Morgan fingerprint density at radius 3 is 2.19 bits per heavy atom. The molecule has 0 heterocycles. The fourth-order valence-corrected chi connectivity index (χ4v) is 2.79. The zero-order valence-electron chi connectivity index (χ0n) is 10.4. The van der Waals surface area contributed by atoms with E-state index < -0.39 is 16.3 Å². The minimum Gasteiger partial charge on any atom is -0.389 e. The quantitative estimate of drug-likeness (QED) is 0.635. The maximum absolute atomic E-state index is 11.9. The minimum atomic E-state index is -3.46. The van der Waals surface area contributed by atoms with Crippen molar-refractivity contribution < 1.29 is 18.3 Å². The number of aliphatic hydroxyl groups excluding tert-OH is 1. The minimum absolute atomic E-state index is 0.0344. The van der Waals surface area contributed by atoms with Gasteiger partial charge in [0.05, 0.1) is 12.7 Å². The van der Waals surface area contributed by atoms with Gasteiger partial charge in [0.1, 0.15) is 0 Å². The van der Waals surface area contributed by atoms with Crippen LogP contribution in [0, 0.1) is 0 Å². The van der Waals surface area contributed by atoms with Gasteiger partial charge in [-0.05, 0) is 0 Å². The summed E-state index contributed by atoms with van der Waals surface area (Å²) in [4.78, 5) is 0. The fourth-order valence-electron chi connectivity index (χ4n) is 1.38. The van der Waals surface area contributed by atoms with Crippen molar-refractivity contribution in [3.63, 3.8) is 0 Å². The highest BCUT2D eigenvalue weighted by Gasteiger charge is 2.25. The van der Waals surface area contributed by atoms with Crippen molar-refractivity contribution >= 4 is 10.2 Å². The van der Waals surface area contributed by atoms with Gasteiger partial charge in [0.25, 0.3) is 10.2 Å². The summed E-state index contributed by atoms with van der Waals surface area (Å²) in [6.45, 7) is 4.55. The molecule has 0 aromatic rings. The van der Waals surface area contributed by atoms with Crippen LogP contribution in [0.4, 0.5) is 0 Å². The second-order valence-electron chi connectivity index (χ2n) is 3.48. The lowest BCUT2D eigenvalue weighted by molar-refractivity contribution is 0.0546. The van der Waals surface area contributed by atoms with Crippen molar-refractivity contribution in [1.82, 2.24) is 8.61 Å². The number of methoxy groups -OCH3 is 1. The Bertz CT molecular complexity index is 277. The molecule has 0 rings (SSSR count). The van der Waals surface area contributed by atoms with Gasteiger partial charge in [-0.25, -0.2) is 0 Å². The van der Waals surface area contributed by atoms with E-state index in [0.717, 1.165) is 4.31 Å². The fraction of sp³-hybridized carbons (Fsp3) is 1.00. The Hall–Kier alpha value is -0.210. The van der Waals surface area contributed by atoms with Crippen LogP contribution in [0.25, 0.3) is 0 Å². The highest BCUT2D eigenvalue weighted by atomic mass is 32.2. The first-order chi connectivity index (χ1) is 7.39. The van der Waals surface area contributed by atoms with Crippen molar-refractivity contribution in [1.29, 1.82) is 0 Å². The molecular weight excluding hydrogens is 232 g/mol. The van der Waals surface area contributed by atoms with E-state index in [9.17, 15) is 13.5 Å². The SMILES string of the molecule is CCN(CC)S(=O)(=O)N(C)CC(O)COC. The summed E-state index contributed by atoms with van der Waals surface area (Å²) in [5.41, 5.74) is 0. The summed E-state index contributed by atoms with van der Waals surface area (Å²) in [6, 6.07) is 0. The van der Waals surface area contributed by atoms with E-state index in [0.29, 0.717) is 13.1 Å². The first-order valence-corrected chi connectivity index (χ1v) is 6.68. The largest absolute Gasteiger partial charge is 0.389 e. The molecule has 0 fully saturated rings. The first-order valence-electron chi connectivity index (χ1n) is 5.28. The van der Waals surface area contributed by atoms with Crippen molar-refractivity contribution in [2.75, 3.05) is 40.4 Å². The van der Waals surface area contributed by atoms with Crippen LogP contribution < -0.4 is 0 Å². The Balaban J connectivity index is 4.51. The van der Waals surface area contributed by atoms with Gasteiger partial charge in [0.2, 0.25) is 0 Å². The van der Waals surface area contributed by atoms with E-state index in [2.05, 4.69) is 0 Å². The van der Waals surface area contributed by atoms with Crippen LogP contribution in [0.5, 0.6) is 0 Å². The second kappa shape index (κ2) is 7.18. The number of hydrogen-bond acceptors (Lipinski definition) is 4. The third-order valence-electron chi connectivity index (χ3n) is 2.25. The third-order valence-corrected chi connectivity index (χ3v) is 4.36. The normalized spacial score (nSPS) is 14.7. The molecule has 0 aromatic heterocycles. The van der Waals surface area contributed by atoms with Crippen LogP contribution in [0.3, 0.4) is 0 Å². The number of hydrogen-bond donors (Lipinski definition) is 1. The van der Waals surface area contributed by atoms with E-state index in [4.69, 9.17) is 4.74 Å². The molecule has 1 unspecified atom stereocenters. The Kier molecular flexibility index (Phi) is 7.09. The van der Waals surface area contributed by atoms with Crippen molar-refractivity contribution in [2.24, 2.45) is 0 Å². The van der Waals surface area contributed by atoms with Crippen LogP contribution in [-0.2, 0) is 14.9 Å². The van der Waals surface area contributed by atoms with Crippen LogP contribution in [-0.4, -0.2) is 68.6 Å². The molecule has 1 atom stereocenters. The van der Waals surface area contributed by atoms with Crippen molar-refractivity contribution in [3.05, 3.63) is 0 Å². The molecule has 0 aliphatic heterocycles. The molecule has 98 valence electrons. The third kappa shape index (κ3) is 4.34. The average molecular weight is 254 g/mol. The van der Waals surface area contributed by atoms with Gasteiger partial charge in [0, 0.05) is 33.8 Å². The molecule has 0 aromatic carbocycles. The van der Waals surface area contributed by atoms with Gasteiger partial charge in [-0.2, -0.15) is 17.0 Å². The lowest BCUT2D eigenvalue weighted by Gasteiger charge is -2.26. The van der Waals surface area contributed by atoms with Gasteiger partial charge in [-0.1, -0.05) is 13.8 Å². The molecular formula is C9H22N2O4S. The van der Waals surface area contributed by atoms with E-state index in [1.54, 1.807) is 13.8 Å². The van der Waals surface area contributed by atoms with E-state index in [-0.39, 0.29) is 13.2 Å². The number of ether oxygens (including phenoxy) is 1. The Labute approximate surface area is 98.0 Å². The predicted octanol–water partition coefficient (Wildman–Crippen LogP) is -0.488. The summed E-state index contributed by atoms with van der Waals surface area (Å²) in [5, 5.41) is 9.46. The number of aliphatic hydroxyl groups is 1. The summed E-state index contributed by atoms with van der Waals surface area (Å²) in [6.07, 6.45) is -0.805. The molecule has 0 saturated heterocycles. The van der Waals surface area contributed by atoms with Crippen LogP contribution >= 0.6 is 0 Å². The van der Waals surface area contributed by atoms with Crippen LogP contribution in [0.2, 0.25) is 0 Å². The molecule has 0 aliphatic carbocycles. The number of rotatable bonds is 8. The van der Waals surface area contributed by atoms with Crippen molar-refractivity contribution in [3.8, 4) is 0 Å². The average Bonchev–Trinajstić information content (AvgIpc) is 2.19. The maximum Gasteiger partial charge on any atom is 0.281 e. The molecule has 6 nitrogen and oxygen atoms in total. The Morgan fingerprint density at radius 1 is 1.31 bits per heavy atom. The summed E-state index contributed by atoms with van der Waals surface area (Å²) in [5.74, 6) is 0. The summed E-state index contributed by atoms with van der Waals surface area (Å²) >= 11 is 0. The molecule has 0 amide bonds. The topological polar surface area (TPSA) is 70.1 Å². The van der Waals surface area contributed by atoms with Gasteiger partial charge in [0.15, 0.2) is 0 Å². The van der Waals surface area contributed by atoms with E-state index >= 15 is 0 Å². The smallest absolute Gasteiger partial charge is 0.281 e. The molecule has 7 heteroatoms. The molecule has 0 radical (unpaired) electrons. The standard InChI is InChI=1S/C9H22N2O4S/c1-5-11(6-2)16(13,14)10(3)7-9(12)8-15-4/h9,12H,5-8H2,1-4H3. The molecule has 0 spiro atoms. The molecule has 0 bridgehead atoms. The number of likely N-dealkylation sites (N-methyl/N-ethyl adjacent to an activating group) is 1. The van der Waals surface area contributed by atoms with E-state index in [1.807, 2.05) is 0 Å². The molecule has 16 heavy (non-hydrogen) atoms. The molecule has 1 N–H and O–H groups in total. The maximum atomic E-state index is 11.9. The monoisotopic (exact) mass is 254 g/mol. The predicted molar refractivity (Wildman–Crippen MR) is 62.4 cm³/mol. The van der Waals surface area contributed by atoms with Gasteiger partial charge < -0.3 is 9.84 Å². The zero-order valence-corrected chi connectivity index (χ0v) is 11.2. The van der Waals surface area contributed by atoms with Gasteiger partial charge in [-0.3, -0.25) is 0 Å². The lowest BCUT2D eigenvalue weighted by Crippen LogP contribution is -2.45.